The number of esters is 1. The minimum Gasteiger partial charge on any atom is -0.466 e. The summed E-state index contributed by atoms with van der Waals surface area (Å²) in [5, 5.41) is 9.03. The maximum Gasteiger partial charge on any atom is 0.311 e. The number of hydrogen-bond donors (Lipinski definition) is 1. The Labute approximate surface area is 98.5 Å². The second-order valence-electron chi connectivity index (χ2n) is 3.83. The highest BCUT2D eigenvalue weighted by molar-refractivity contribution is 5.72. The molecule has 94 valence electrons. The molecule has 0 aliphatic heterocycles. The smallest absolute Gasteiger partial charge is 0.311 e. The van der Waals surface area contributed by atoms with Gasteiger partial charge in [-0.25, -0.2) is 0 Å². The van der Waals surface area contributed by atoms with Crippen molar-refractivity contribution in [1.29, 1.82) is 0 Å². The van der Waals surface area contributed by atoms with Crippen molar-refractivity contribution in [1.82, 2.24) is 0 Å². The summed E-state index contributed by atoms with van der Waals surface area (Å²) in [6.07, 6.45) is 9.32. The summed E-state index contributed by atoms with van der Waals surface area (Å²) in [7, 11) is 0. The molecule has 0 aromatic heterocycles. The van der Waals surface area contributed by atoms with E-state index in [2.05, 4.69) is 13.0 Å². The van der Waals surface area contributed by atoms with Gasteiger partial charge in [-0.15, -0.1) is 0 Å². The summed E-state index contributed by atoms with van der Waals surface area (Å²) in [4.78, 5) is 11.3. The lowest BCUT2D eigenvalue weighted by Gasteiger charge is -2.09. The monoisotopic (exact) mass is 228 g/mol. The SMILES string of the molecule is CCCCC/C=C/CC(CO)C(=O)OCC. The molecule has 0 fully saturated rings. The number of hydrogen-bond acceptors (Lipinski definition) is 3. The summed E-state index contributed by atoms with van der Waals surface area (Å²) in [5.41, 5.74) is 0. The molecule has 1 unspecified atom stereocenters. The highest BCUT2D eigenvalue weighted by Crippen LogP contribution is 2.07. The lowest BCUT2D eigenvalue weighted by molar-refractivity contribution is -0.149. The van der Waals surface area contributed by atoms with Crippen molar-refractivity contribution in [3.63, 3.8) is 0 Å². The van der Waals surface area contributed by atoms with Crippen LogP contribution in [0.4, 0.5) is 0 Å². The maximum absolute atomic E-state index is 11.3. The van der Waals surface area contributed by atoms with Gasteiger partial charge in [0.1, 0.15) is 0 Å². The zero-order valence-electron chi connectivity index (χ0n) is 10.4. The molecule has 0 heterocycles. The van der Waals surface area contributed by atoms with Crippen LogP contribution in [0, 0.1) is 5.92 Å². The van der Waals surface area contributed by atoms with Gasteiger partial charge in [0, 0.05) is 0 Å². The van der Waals surface area contributed by atoms with Gasteiger partial charge in [-0.2, -0.15) is 0 Å². The molecule has 0 saturated heterocycles. The summed E-state index contributed by atoms with van der Waals surface area (Å²) in [5.74, 6) is -0.703. The number of carbonyl (C=O) groups is 1. The van der Waals surface area contributed by atoms with Crippen molar-refractivity contribution in [3.05, 3.63) is 12.2 Å². The molecular weight excluding hydrogens is 204 g/mol. The summed E-state index contributed by atoms with van der Waals surface area (Å²) in [6.45, 7) is 4.17. The Morgan fingerprint density at radius 1 is 1.31 bits per heavy atom. The van der Waals surface area contributed by atoms with Gasteiger partial charge in [-0.05, 0) is 26.2 Å². The average molecular weight is 228 g/mol. The van der Waals surface area contributed by atoms with Crippen molar-refractivity contribution < 1.29 is 14.6 Å². The van der Waals surface area contributed by atoms with Crippen LogP contribution < -0.4 is 0 Å². The Morgan fingerprint density at radius 3 is 2.62 bits per heavy atom. The third-order valence-corrected chi connectivity index (χ3v) is 2.40. The first-order valence-electron chi connectivity index (χ1n) is 6.18. The Bertz CT molecular complexity index is 199. The third-order valence-electron chi connectivity index (χ3n) is 2.40. The van der Waals surface area contributed by atoms with Crippen LogP contribution in [0.3, 0.4) is 0 Å². The molecular formula is C13H24O3. The average Bonchev–Trinajstić information content (AvgIpc) is 2.28. The molecule has 1 N–H and O–H groups in total. The van der Waals surface area contributed by atoms with Gasteiger partial charge < -0.3 is 9.84 Å². The molecule has 3 nitrogen and oxygen atoms in total. The molecule has 3 heteroatoms. The Balaban J connectivity index is 3.73. The van der Waals surface area contributed by atoms with Gasteiger partial charge in [0.2, 0.25) is 0 Å². The van der Waals surface area contributed by atoms with Crippen LogP contribution in [-0.4, -0.2) is 24.3 Å². The van der Waals surface area contributed by atoms with E-state index in [0.29, 0.717) is 13.0 Å². The van der Waals surface area contributed by atoms with E-state index in [1.807, 2.05) is 6.08 Å². The van der Waals surface area contributed by atoms with E-state index in [1.54, 1.807) is 6.92 Å². The predicted molar refractivity (Wildman–Crippen MR) is 65.1 cm³/mol. The van der Waals surface area contributed by atoms with Crippen LogP contribution in [0.5, 0.6) is 0 Å². The topological polar surface area (TPSA) is 46.5 Å². The minimum absolute atomic E-state index is 0.141. The van der Waals surface area contributed by atoms with E-state index < -0.39 is 5.92 Å². The minimum atomic E-state index is -0.401. The van der Waals surface area contributed by atoms with Crippen molar-refractivity contribution in [2.45, 2.75) is 46.0 Å². The van der Waals surface area contributed by atoms with Gasteiger partial charge >= 0.3 is 5.97 Å². The lowest BCUT2D eigenvalue weighted by Crippen LogP contribution is -2.20. The molecule has 0 aliphatic rings. The summed E-state index contributed by atoms with van der Waals surface area (Å²) in [6, 6.07) is 0. The molecule has 0 radical (unpaired) electrons. The van der Waals surface area contributed by atoms with Gasteiger partial charge in [-0.1, -0.05) is 31.9 Å². The fourth-order valence-corrected chi connectivity index (χ4v) is 1.40. The van der Waals surface area contributed by atoms with Crippen LogP contribution in [0.1, 0.15) is 46.0 Å². The lowest BCUT2D eigenvalue weighted by atomic mass is 10.1. The normalized spacial score (nSPS) is 12.9. The molecule has 0 saturated carbocycles. The maximum atomic E-state index is 11.3. The van der Waals surface area contributed by atoms with Crippen LogP contribution in [0.2, 0.25) is 0 Å². The highest BCUT2D eigenvalue weighted by Gasteiger charge is 2.16. The summed E-state index contributed by atoms with van der Waals surface area (Å²) < 4.78 is 4.86. The number of aliphatic hydroxyl groups excluding tert-OH is 1. The van der Waals surface area contributed by atoms with Crippen LogP contribution >= 0.6 is 0 Å². The fourth-order valence-electron chi connectivity index (χ4n) is 1.40. The zero-order chi connectivity index (χ0) is 12.2. The molecule has 0 aromatic carbocycles. The van der Waals surface area contributed by atoms with Crippen LogP contribution in [-0.2, 0) is 9.53 Å². The Kier molecular flexibility index (Phi) is 10.1. The zero-order valence-corrected chi connectivity index (χ0v) is 10.4. The number of unbranched alkanes of at least 4 members (excludes halogenated alkanes) is 3. The molecule has 1 atom stereocenters. The molecule has 0 amide bonds. The van der Waals surface area contributed by atoms with E-state index in [4.69, 9.17) is 9.84 Å². The first-order chi connectivity index (χ1) is 7.76. The molecule has 0 aliphatic carbocycles. The second kappa shape index (κ2) is 10.7. The van der Waals surface area contributed by atoms with E-state index in [1.165, 1.54) is 19.3 Å². The quantitative estimate of drug-likeness (QED) is 0.375. The molecule has 0 spiro atoms. The standard InChI is InChI=1S/C13H24O3/c1-3-5-6-7-8-9-10-12(11-14)13(15)16-4-2/h8-9,12,14H,3-7,10-11H2,1-2H3/b9-8+. The van der Waals surface area contributed by atoms with E-state index >= 15 is 0 Å². The molecule has 0 bridgehead atoms. The largest absolute Gasteiger partial charge is 0.466 e. The number of rotatable bonds is 9. The van der Waals surface area contributed by atoms with Gasteiger partial charge in [0.25, 0.3) is 0 Å². The van der Waals surface area contributed by atoms with E-state index in [9.17, 15) is 4.79 Å². The summed E-state index contributed by atoms with van der Waals surface area (Å²) >= 11 is 0. The van der Waals surface area contributed by atoms with Crippen LogP contribution in [0.15, 0.2) is 12.2 Å². The Morgan fingerprint density at radius 2 is 2.06 bits per heavy atom. The number of ether oxygens (including phenoxy) is 1. The number of aliphatic hydroxyl groups is 1. The van der Waals surface area contributed by atoms with Crippen molar-refractivity contribution in [2.75, 3.05) is 13.2 Å². The first kappa shape index (κ1) is 15.2. The molecule has 0 aromatic rings. The first-order valence-corrected chi connectivity index (χ1v) is 6.18. The van der Waals surface area contributed by atoms with Gasteiger partial charge in [0.05, 0.1) is 19.1 Å². The van der Waals surface area contributed by atoms with Crippen molar-refractivity contribution in [2.24, 2.45) is 5.92 Å². The van der Waals surface area contributed by atoms with E-state index in [0.717, 1.165) is 6.42 Å². The molecule has 0 rings (SSSR count). The van der Waals surface area contributed by atoms with Gasteiger partial charge in [-0.3, -0.25) is 4.79 Å². The van der Waals surface area contributed by atoms with Crippen molar-refractivity contribution in [3.8, 4) is 0 Å². The van der Waals surface area contributed by atoms with E-state index in [-0.39, 0.29) is 12.6 Å². The fraction of sp³-hybridized carbons (Fsp3) is 0.769. The third kappa shape index (κ3) is 7.46. The second-order valence-corrected chi connectivity index (χ2v) is 3.83. The number of carbonyl (C=O) groups excluding carboxylic acids is 1. The highest BCUT2D eigenvalue weighted by atomic mass is 16.5. The van der Waals surface area contributed by atoms with Crippen LogP contribution in [0.25, 0.3) is 0 Å². The predicted octanol–water partition coefficient (Wildman–Crippen LogP) is 2.68. The number of allylic oxidation sites excluding steroid dienone is 2. The Hall–Kier alpha value is -0.830. The van der Waals surface area contributed by atoms with Gasteiger partial charge in [0.15, 0.2) is 0 Å². The van der Waals surface area contributed by atoms with Crippen molar-refractivity contribution >= 4 is 5.97 Å². The molecule has 16 heavy (non-hydrogen) atoms.